The van der Waals surface area contributed by atoms with Crippen molar-refractivity contribution in [3.05, 3.63) is 86.3 Å². The summed E-state index contributed by atoms with van der Waals surface area (Å²) in [5.74, 6) is -0.0695. The number of pyridine rings is 1. The Bertz CT molecular complexity index is 1750. The number of carbonyl (C=O) groups excluding carboxylic acids is 2. The van der Waals surface area contributed by atoms with Crippen LogP contribution in [0, 0.1) is 0 Å². The first-order chi connectivity index (χ1) is 19.3. The molecule has 11 heteroatoms. The Morgan fingerprint density at radius 2 is 1.43 bits per heavy atom. The standard InChI is InChI=1S/C18H13NO2S2.C11H9BrN2OS2/c1-2-19-17(20)15(23-18(19)22)10-11-6-5-8-13-12-7-3-4-9-14(12)21-16(11)13;1-2-14-10(15)8(17-11(14)16)6-7-4-3-5-9(12)13-7/h3-10H,2H2,1H3;3-6H,2H2,1H3/b15-10-;8-6-. The summed E-state index contributed by atoms with van der Waals surface area (Å²) in [6.07, 6.45) is 3.64. The van der Waals surface area contributed by atoms with E-state index >= 15 is 0 Å². The van der Waals surface area contributed by atoms with Crippen LogP contribution in [-0.4, -0.2) is 48.3 Å². The van der Waals surface area contributed by atoms with Crippen LogP contribution in [0.5, 0.6) is 0 Å². The Kier molecular flexibility index (Phi) is 8.86. The molecular weight excluding hydrogens is 647 g/mol. The predicted molar refractivity (Wildman–Crippen MR) is 177 cm³/mol. The fourth-order valence-corrected chi connectivity index (χ4v) is 7.31. The first-order valence-corrected chi connectivity index (χ1v) is 15.6. The summed E-state index contributed by atoms with van der Waals surface area (Å²) in [5, 5.41) is 2.14. The number of hydrogen-bond acceptors (Lipinski definition) is 8. The number of thioether (sulfide) groups is 2. The van der Waals surface area contributed by atoms with Crippen LogP contribution in [0.2, 0.25) is 0 Å². The Morgan fingerprint density at radius 1 is 0.825 bits per heavy atom. The van der Waals surface area contributed by atoms with Crippen molar-refractivity contribution >= 4 is 118 Å². The maximum atomic E-state index is 12.4. The van der Waals surface area contributed by atoms with Crippen LogP contribution >= 0.6 is 63.9 Å². The molecule has 0 radical (unpaired) electrons. The van der Waals surface area contributed by atoms with Gasteiger partial charge in [0.2, 0.25) is 0 Å². The van der Waals surface area contributed by atoms with Crippen LogP contribution in [-0.2, 0) is 9.59 Å². The number of para-hydroxylation sites is 2. The number of thiocarbonyl (C=S) groups is 2. The van der Waals surface area contributed by atoms with Gasteiger partial charge in [0.05, 0.1) is 15.5 Å². The third-order valence-electron chi connectivity index (χ3n) is 6.12. The number of furan rings is 1. The van der Waals surface area contributed by atoms with E-state index in [0.717, 1.165) is 37.8 Å². The second-order valence-electron chi connectivity index (χ2n) is 8.56. The molecule has 2 aliphatic heterocycles. The second kappa shape index (κ2) is 12.4. The van der Waals surface area contributed by atoms with Crippen molar-refractivity contribution in [1.29, 1.82) is 0 Å². The van der Waals surface area contributed by atoms with Gasteiger partial charge >= 0.3 is 0 Å². The first kappa shape index (κ1) is 28.7. The predicted octanol–water partition coefficient (Wildman–Crippen LogP) is 7.87. The number of likely N-dealkylation sites (N-methyl/N-ethyl adjacent to an activating group) is 2. The molecule has 4 aromatic rings. The van der Waals surface area contributed by atoms with Crippen molar-refractivity contribution in [2.24, 2.45) is 0 Å². The van der Waals surface area contributed by atoms with E-state index in [1.807, 2.05) is 80.6 Å². The molecule has 2 amide bonds. The normalized spacial score (nSPS) is 17.6. The highest BCUT2D eigenvalue weighted by Crippen LogP contribution is 2.36. The van der Waals surface area contributed by atoms with Crippen LogP contribution < -0.4 is 0 Å². The summed E-state index contributed by atoms with van der Waals surface area (Å²) in [5.41, 5.74) is 3.30. The molecule has 40 heavy (non-hydrogen) atoms. The average molecular weight is 669 g/mol. The van der Waals surface area contributed by atoms with Gasteiger partial charge in [-0.15, -0.1) is 0 Å². The SMILES string of the molecule is CCN1C(=O)/C(=C/c2cccc(Br)n2)SC1=S.CCN1C(=O)/C(=C/c2cccc3c2oc2ccccc23)SC1=S. The smallest absolute Gasteiger partial charge is 0.266 e. The maximum absolute atomic E-state index is 12.4. The molecule has 0 spiro atoms. The van der Waals surface area contributed by atoms with Gasteiger partial charge in [0, 0.05) is 29.4 Å². The number of benzene rings is 2. The van der Waals surface area contributed by atoms with E-state index in [9.17, 15) is 9.59 Å². The topological polar surface area (TPSA) is 66.7 Å². The third kappa shape index (κ3) is 5.80. The summed E-state index contributed by atoms with van der Waals surface area (Å²) in [6, 6.07) is 19.5. The summed E-state index contributed by atoms with van der Waals surface area (Å²) in [4.78, 5) is 33.1. The number of rotatable bonds is 4. The van der Waals surface area contributed by atoms with Crippen molar-refractivity contribution in [3.63, 3.8) is 0 Å². The van der Waals surface area contributed by atoms with E-state index in [1.165, 1.54) is 23.5 Å². The molecule has 2 aromatic carbocycles. The fourth-order valence-electron chi connectivity index (χ4n) is 4.21. The van der Waals surface area contributed by atoms with Gasteiger partial charge in [-0.3, -0.25) is 19.4 Å². The molecule has 6 rings (SSSR count). The Labute approximate surface area is 259 Å². The monoisotopic (exact) mass is 667 g/mol. The Morgan fingerprint density at radius 3 is 2.05 bits per heavy atom. The number of fused-ring (bicyclic) bond motifs is 3. The minimum absolute atomic E-state index is 0.0318. The van der Waals surface area contributed by atoms with E-state index in [2.05, 4.69) is 20.9 Å². The van der Waals surface area contributed by atoms with E-state index in [0.29, 0.717) is 31.5 Å². The molecule has 0 unspecified atom stereocenters. The van der Waals surface area contributed by atoms with Crippen molar-refractivity contribution < 1.29 is 14.0 Å². The lowest BCUT2D eigenvalue weighted by Crippen LogP contribution is -2.27. The highest BCUT2D eigenvalue weighted by atomic mass is 79.9. The average Bonchev–Trinajstić information content (AvgIpc) is 3.54. The zero-order valence-corrected chi connectivity index (χ0v) is 26.3. The van der Waals surface area contributed by atoms with E-state index in [1.54, 1.807) is 15.9 Å². The number of aromatic nitrogens is 1. The third-order valence-corrected chi connectivity index (χ3v) is 9.31. The van der Waals surface area contributed by atoms with Crippen LogP contribution in [0.4, 0.5) is 0 Å². The molecule has 2 saturated heterocycles. The van der Waals surface area contributed by atoms with E-state index < -0.39 is 0 Å². The molecule has 0 N–H and O–H groups in total. The molecule has 4 heterocycles. The molecule has 6 nitrogen and oxygen atoms in total. The number of halogens is 1. The van der Waals surface area contributed by atoms with Crippen molar-refractivity contribution in [2.45, 2.75) is 13.8 Å². The largest absolute Gasteiger partial charge is 0.455 e. The lowest BCUT2D eigenvalue weighted by molar-refractivity contribution is -0.122. The minimum Gasteiger partial charge on any atom is -0.455 e. The maximum Gasteiger partial charge on any atom is 0.266 e. The zero-order valence-electron chi connectivity index (χ0n) is 21.4. The summed E-state index contributed by atoms with van der Waals surface area (Å²) in [7, 11) is 0. The molecule has 2 fully saturated rings. The van der Waals surface area contributed by atoms with Gasteiger partial charge in [0.25, 0.3) is 11.8 Å². The summed E-state index contributed by atoms with van der Waals surface area (Å²) in [6.45, 7) is 5.03. The van der Waals surface area contributed by atoms with Gasteiger partial charge in [0.15, 0.2) is 0 Å². The quantitative estimate of drug-likeness (QED) is 0.124. The highest BCUT2D eigenvalue weighted by Gasteiger charge is 2.31. The molecule has 2 aliphatic rings. The van der Waals surface area contributed by atoms with Gasteiger partial charge in [-0.25, -0.2) is 4.98 Å². The molecule has 0 saturated carbocycles. The van der Waals surface area contributed by atoms with E-state index in [4.69, 9.17) is 28.9 Å². The number of carbonyl (C=O) groups is 2. The second-order valence-corrected chi connectivity index (χ2v) is 12.7. The molecule has 2 aromatic heterocycles. The summed E-state index contributed by atoms with van der Waals surface area (Å²) < 4.78 is 7.97. The molecule has 0 bridgehead atoms. The number of nitrogens with zero attached hydrogens (tertiary/aromatic N) is 3. The molecule has 202 valence electrons. The highest BCUT2D eigenvalue weighted by molar-refractivity contribution is 9.10. The number of hydrogen-bond donors (Lipinski definition) is 0. The molecule has 0 atom stereocenters. The molecule has 0 aliphatic carbocycles. The van der Waals surface area contributed by atoms with Gasteiger partial charge in [-0.1, -0.05) is 90.4 Å². The van der Waals surface area contributed by atoms with Crippen LogP contribution in [0.3, 0.4) is 0 Å². The van der Waals surface area contributed by atoms with Crippen molar-refractivity contribution in [1.82, 2.24) is 14.8 Å². The first-order valence-electron chi connectivity index (χ1n) is 12.3. The number of amides is 2. The Hall–Kier alpha value is -2.83. The van der Waals surface area contributed by atoms with E-state index in [-0.39, 0.29) is 11.8 Å². The molecular formula is C29H22BrN3O3S4. The fraction of sp³-hybridized carbons (Fsp3) is 0.138. The van der Waals surface area contributed by atoms with Crippen molar-refractivity contribution in [3.8, 4) is 0 Å². The van der Waals surface area contributed by atoms with Crippen molar-refractivity contribution in [2.75, 3.05) is 13.1 Å². The van der Waals surface area contributed by atoms with Gasteiger partial charge in [0.1, 0.15) is 24.4 Å². The zero-order chi connectivity index (χ0) is 28.4. The van der Waals surface area contributed by atoms with Gasteiger partial charge < -0.3 is 4.42 Å². The van der Waals surface area contributed by atoms with Crippen LogP contribution in [0.25, 0.3) is 34.1 Å². The van der Waals surface area contributed by atoms with Gasteiger partial charge in [-0.2, -0.15) is 0 Å². The summed E-state index contributed by atoms with van der Waals surface area (Å²) >= 11 is 16.4. The van der Waals surface area contributed by atoms with Gasteiger partial charge in [-0.05, 0) is 60.1 Å². The minimum atomic E-state index is -0.0377. The lowest BCUT2D eigenvalue weighted by atomic mass is 10.1. The Balaban J connectivity index is 0.000000170. The lowest BCUT2D eigenvalue weighted by Gasteiger charge is -2.09. The van der Waals surface area contributed by atoms with Crippen LogP contribution in [0.1, 0.15) is 25.1 Å². The van der Waals surface area contributed by atoms with Crippen LogP contribution in [0.15, 0.2) is 79.5 Å².